The molecular weight excluding hydrogens is 396 g/mol. The van der Waals surface area contributed by atoms with Crippen molar-refractivity contribution in [2.75, 3.05) is 0 Å². The van der Waals surface area contributed by atoms with E-state index in [1.165, 1.54) is 0 Å². The van der Waals surface area contributed by atoms with Crippen LogP contribution < -0.4 is 0 Å². The molecular formula is C13H18Br2O5. The molecule has 3 fully saturated rings. The zero-order valence-electron chi connectivity index (χ0n) is 11.8. The molecule has 0 aromatic carbocycles. The van der Waals surface area contributed by atoms with Gasteiger partial charge in [0, 0.05) is 0 Å². The molecule has 0 radical (unpaired) electrons. The highest BCUT2D eigenvalue weighted by Gasteiger charge is 2.60. The second kappa shape index (κ2) is 5.01. The number of halogens is 2. The number of ether oxygens (including phenoxy) is 5. The highest BCUT2D eigenvalue weighted by Crippen LogP contribution is 2.44. The zero-order chi connectivity index (χ0) is 14.7. The lowest BCUT2D eigenvalue weighted by atomic mass is 9.99. The smallest absolute Gasteiger partial charge is 0.190 e. The van der Waals surface area contributed by atoms with Crippen molar-refractivity contribution in [1.29, 1.82) is 0 Å². The third-order valence-corrected chi connectivity index (χ3v) is 4.01. The molecule has 3 saturated heterocycles. The highest BCUT2D eigenvalue weighted by molar-refractivity contribution is 9.28. The van der Waals surface area contributed by atoms with Crippen molar-refractivity contribution in [3.8, 4) is 0 Å². The van der Waals surface area contributed by atoms with Crippen LogP contribution in [-0.2, 0) is 23.7 Å². The van der Waals surface area contributed by atoms with Crippen LogP contribution in [0.5, 0.6) is 0 Å². The van der Waals surface area contributed by atoms with E-state index in [0.29, 0.717) is 0 Å². The Morgan fingerprint density at radius 3 is 2.05 bits per heavy atom. The fourth-order valence-corrected chi connectivity index (χ4v) is 3.42. The fraction of sp³-hybridized carbons (Fsp3) is 0.846. The first kappa shape index (κ1) is 15.4. The lowest BCUT2D eigenvalue weighted by Gasteiger charge is -2.36. The molecule has 0 bridgehead atoms. The summed E-state index contributed by atoms with van der Waals surface area (Å²) in [6.07, 6.45) is 0.446. The molecule has 0 N–H and O–H groups in total. The Labute approximate surface area is 135 Å². The van der Waals surface area contributed by atoms with Crippen LogP contribution in [0.1, 0.15) is 27.7 Å². The standard InChI is InChI=1S/C13H18Br2O5/c1-12(2)17-8-6(5-7(14)15)16-11-10(9(8)18-12)19-13(3,4)20-11/h5-6,8-11H,1-4H3/t6-,8+,9+,10-,11-/m1/s1. The van der Waals surface area contributed by atoms with Crippen LogP contribution in [0.3, 0.4) is 0 Å². The normalized spacial score (nSPS) is 44.8. The molecule has 0 aliphatic carbocycles. The summed E-state index contributed by atoms with van der Waals surface area (Å²) in [7, 11) is 0. The molecule has 5 atom stereocenters. The molecule has 5 nitrogen and oxygen atoms in total. The Bertz CT molecular complexity index is 432. The Kier molecular flexibility index (Phi) is 3.86. The fourth-order valence-electron chi connectivity index (χ4n) is 2.90. The lowest BCUT2D eigenvalue weighted by molar-refractivity contribution is -0.222. The van der Waals surface area contributed by atoms with Crippen LogP contribution in [-0.4, -0.2) is 42.3 Å². The highest BCUT2D eigenvalue weighted by atomic mass is 79.9. The number of hydrogen-bond donors (Lipinski definition) is 0. The van der Waals surface area contributed by atoms with Gasteiger partial charge in [0.1, 0.15) is 24.4 Å². The molecule has 3 heterocycles. The molecule has 20 heavy (non-hydrogen) atoms. The maximum Gasteiger partial charge on any atom is 0.190 e. The van der Waals surface area contributed by atoms with E-state index in [1.54, 1.807) is 0 Å². The maximum absolute atomic E-state index is 6.00. The number of rotatable bonds is 1. The predicted molar refractivity (Wildman–Crippen MR) is 78.5 cm³/mol. The largest absolute Gasteiger partial charge is 0.342 e. The van der Waals surface area contributed by atoms with E-state index in [0.717, 1.165) is 3.39 Å². The molecule has 3 aliphatic rings. The summed E-state index contributed by atoms with van der Waals surface area (Å²) in [4.78, 5) is 0. The van der Waals surface area contributed by atoms with E-state index in [2.05, 4.69) is 31.9 Å². The van der Waals surface area contributed by atoms with Crippen molar-refractivity contribution < 1.29 is 23.7 Å². The van der Waals surface area contributed by atoms with E-state index in [1.807, 2.05) is 33.8 Å². The van der Waals surface area contributed by atoms with Crippen molar-refractivity contribution in [1.82, 2.24) is 0 Å². The minimum absolute atomic E-state index is 0.217. The summed E-state index contributed by atoms with van der Waals surface area (Å²) in [6.45, 7) is 7.53. The Morgan fingerprint density at radius 2 is 1.40 bits per heavy atom. The van der Waals surface area contributed by atoms with E-state index < -0.39 is 17.9 Å². The average Bonchev–Trinajstić information content (AvgIpc) is 2.73. The first-order valence-corrected chi connectivity index (χ1v) is 8.15. The average molecular weight is 414 g/mol. The minimum atomic E-state index is -0.680. The van der Waals surface area contributed by atoms with Gasteiger partial charge in [0.05, 0.1) is 3.39 Å². The first-order chi connectivity index (χ1) is 9.17. The minimum Gasteiger partial charge on any atom is -0.342 e. The van der Waals surface area contributed by atoms with Crippen molar-refractivity contribution in [3.63, 3.8) is 0 Å². The van der Waals surface area contributed by atoms with Crippen LogP contribution >= 0.6 is 31.9 Å². The summed E-state index contributed by atoms with van der Waals surface area (Å²) in [5.41, 5.74) is 0. The van der Waals surface area contributed by atoms with Crippen LogP contribution in [0.4, 0.5) is 0 Å². The van der Waals surface area contributed by atoms with Gasteiger partial charge < -0.3 is 23.7 Å². The molecule has 3 rings (SSSR count). The summed E-state index contributed by atoms with van der Waals surface area (Å²) < 4.78 is 30.5. The van der Waals surface area contributed by atoms with Gasteiger partial charge in [-0.05, 0) is 65.6 Å². The van der Waals surface area contributed by atoms with E-state index in [-0.39, 0.29) is 24.4 Å². The second-order valence-electron chi connectivity index (χ2n) is 6.09. The topological polar surface area (TPSA) is 46.2 Å². The van der Waals surface area contributed by atoms with Gasteiger partial charge >= 0.3 is 0 Å². The van der Waals surface area contributed by atoms with Gasteiger partial charge in [0.2, 0.25) is 0 Å². The van der Waals surface area contributed by atoms with Gasteiger partial charge in [0.15, 0.2) is 17.9 Å². The van der Waals surface area contributed by atoms with Gasteiger partial charge in [-0.1, -0.05) is 0 Å². The quantitative estimate of drug-likeness (QED) is 0.661. The summed E-state index contributed by atoms with van der Waals surface area (Å²) in [5, 5.41) is 0. The van der Waals surface area contributed by atoms with Crippen LogP contribution in [0.15, 0.2) is 9.47 Å². The summed E-state index contributed by atoms with van der Waals surface area (Å²) in [6, 6.07) is 0. The van der Waals surface area contributed by atoms with Gasteiger partial charge in [-0.25, -0.2) is 0 Å². The molecule has 0 unspecified atom stereocenters. The molecule has 0 spiro atoms. The molecule has 0 aromatic heterocycles. The first-order valence-electron chi connectivity index (χ1n) is 6.56. The third kappa shape index (κ3) is 2.86. The van der Waals surface area contributed by atoms with E-state index in [9.17, 15) is 0 Å². The Hall–Kier alpha value is 0.500. The second-order valence-corrected chi connectivity index (χ2v) is 8.86. The molecule has 0 saturated carbocycles. The Balaban J connectivity index is 1.90. The van der Waals surface area contributed by atoms with Gasteiger partial charge in [-0.3, -0.25) is 0 Å². The van der Waals surface area contributed by atoms with Crippen LogP contribution in [0.2, 0.25) is 0 Å². The van der Waals surface area contributed by atoms with Crippen molar-refractivity contribution >= 4 is 31.9 Å². The van der Waals surface area contributed by atoms with E-state index >= 15 is 0 Å². The van der Waals surface area contributed by atoms with Crippen molar-refractivity contribution in [3.05, 3.63) is 9.47 Å². The van der Waals surface area contributed by atoms with Crippen LogP contribution in [0.25, 0.3) is 0 Å². The molecule has 3 aliphatic heterocycles. The molecule has 7 heteroatoms. The van der Waals surface area contributed by atoms with Crippen molar-refractivity contribution in [2.24, 2.45) is 0 Å². The number of hydrogen-bond acceptors (Lipinski definition) is 5. The van der Waals surface area contributed by atoms with Crippen molar-refractivity contribution in [2.45, 2.75) is 70.0 Å². The molecule has 114 valence electrons. The summed E-state index contributed by atoms with van der Waals surface area (Å²) >= 11 is 6.72. The number of fused-ring (bicyclic) bond motifs is 3. The predicted octanol–water partition coefficient (Wildman–Crippen LogP) is 3.01. The lowest BCUT2D eigenvalue weighted by Crippen LogP contribution is -2.54. The van der Waals surface area contributed by atoms with E-state index in [4.69, 9.17) is 23.7 Å². The van der Waals surface area contributed by atoms with Crippen LogP contribution in [0, 0.1) is 0 Å². The Morgan fingerprint density at radius 1 is 0.850 bits per heavy atom. The maximum atomic E-state index is 6.00. The van der Waals surface area contributed by atoms with Gasteiger partial charge in [-0.15, -0.1) is 0 Å². The molecule has 0 amide bonds. The zero-order valence-corrected chi connectivity index (χ0v) is 14.9. The SMILES string of the molecule is CC1(C)O[C@H]2[C@@H](O1)[C@@H](C=C(Br)Br)O[C@@H]1OC(C)(C)O[C@@H]12. The van der Waals surface area contributed by atoms with Gasteiger partial charge in [0.25, 0.3) is 0 Å². The summed E-state index contributed by atoms with van der Waals surface area (Å²) in [5.74, 6) is -1.34. The monoisotopic (exact) mass is 412 g/mol. The van der Waals surface area contributed by atoms with Gasteiger partial charge in [-0.2, -0.15) is 0 Å². The third-order valence-electron chi connectivity index (χ3n) is 3.48. The molecule has 0 aromatic rings.